The van der Waals surface area contributed by atoms with Crippen molar-refractivity contribution in [3.63, 3.8) is 0 Å². The number of hydrogen-bond acceptors (Lipinski definition) is 4. The van der Waals surface area contributed by atoms with Gasteiger partial charge in [-0.3, -0.25) is 19.3 Å². The van der Waals surface area contributed by atoms with E-state index in [-0.39, 0.29) is 30.7 Å². The summed E-state index contributed by atoms with van der Waals surface area (Å²) in [4.78, 5) is 53.1. The van der Waals surface area contributed by atoms with Crippen LogP contribution in [0.4, 0.5) is 10.5 Å². The minimum atomic E-state index is -0.779. The zero-order chi connectivity index (χ0) is 21.3. The number of urea groups is 1. The number of imide groups is 1. The average molecular weight is 433 g/mol. The Morgan fingerprint density at radius 1 is 1.10 bits per heavy atom. The smallest absolute Gasteiger partial charge is 0.325 e. The molecule has 1 saturated carbocycles. The summed E-state index contributed by atoms with van der Waals surface area (Å²) in [7, 11) is 0. The van der Waals surface area contributed by atoms with Crippen LogP contribution in [0.2, 0.25) is 5.02 Å². The second-order valence-electron chi connectivity index (χ2n) is 8.16. The molecule has 160 valence electrons. The van der Waals surface area contributed by atoms with Crippen molar-refractivity contribution < 1.29 is 19.2 Å². The van der Waals surface area contributed by atoms with Crippen LogP contribution in [0.1, 0.15) is 55.3 Å². The van der Waals surface area contributed by atoms with Gasteiger partial charge in [0.05, 0.1) is 11.3 Å². The highest BCUT2D eigenvalue weighted by molar-refractivity contribution is 6.31. The number of carbonyl (C=O) groups is 4. The zero-order valence-electron chi connectivity index (χ0n) is 16.7. The van der Waals surface area contributed by atoms with Gasteiger partial charge in [-0.25, -0.2) is 4.79 Å². The number of rotatable bonds is 5. The number of nitrogens with one attached hydrogen (secondary N) is 2. The summed E-state index contributed by atoms with van der Waals surface area (Å²) in [6.07, 6.45) is 4.98. The van der Waals surface area contributed by atoms with E-state index in [1.54, 1.807) is 23.1 Å². The van der Waals surface area contributed by atoms with Crippen molar-refractivity contribution in [3.05, 3.63) is 28.8 Å². The summed E-state index contributed by atoms with van der Waals surface area (Å²) >= 11 is 6.07. The van der Waals surface area contributed by atoms with E-state index in [1.165, 1.54) is 0 Å². The van der Waals surface area contributed by atoms with Gasteiger partial charge in [0.1, 0.15) is 5.54 Å². The number of amides is 5. The van der Waals surface area contributed by atoms with Gasteiger partial charge in [0.2, 0.25) is 5.91 Å². The summed E-state index contributed by atoms with van der Waals surface area (Å²) in [5, 5.41) is 5.96. The minimum absolute atomic E-state index is 0.00123. The van der Waals surface area contributed by atoms with E-state index in [0.717, 1.165) is 30.6 Å². The molecule has 0 atom stereocenters. The van der Waals surface area contributed by atoms with Crippen molar-refractivity contribution in [1.82, 2.24) is 15.1 Å². The molecule has 3 aliphatic rings. The van der Waals surface area contributed by atoms with E-state index in [2.05, 4.69) is 10.6 Å². The third kappa shape index (κ3) is 3.88. The lowest BCUT2D eigenvalue weighted by Crippen LogP contribution is -2.44. The summed E-state index contributed by atoms with van der Waals surface area (Å²) in [5.41, 5.74) is -0.0533. The highest BCUT2D eigenvalue weighted by Gasteiger charge is 2.52. The molecule has 4 rings (SSSR count). The lowest BCUT2D eigenvalue weighted by Gasteiger charge is -2.20. The monoisotopic (exact) mass is 432 g/mol. The van der Waals surface area contributed by atoms with Crippen LogP contribution in [-0.2, 0) is 9.59 Å². The fraction of sp³-hybridized carbons (Fsp3) is 0.524. The van der Waals surface area contributed by atoms with Gasteiger partial charge in [-0.05, 0) is 43.9 Å². The Morgan fingerprint density at radius 2 is 1.80 bits per heavy atom. The fourth-order valence-electron chi connectivity index (χ4n) is 4.52. The molecule has 5 amide bonds. The molecule has 2 heterocycles. The van der Waals surface area contributed by atoms with Crippen molar-refractivity contribution in [2.24, 2.45) is 0 Å². The van der Waals surface area contributed by atoms with Crippen LogP contribution >= 0.6 is 11.6 Å². The van der Waals surface area contributed by atoms with Crippen molar-refractivity contribution in [3.8, 4) is 0 Å². The zero-order valence-corrected chi connectivity index (χ0v) is 17.5. The topological polar surface area (TPSA) is 98.8 Å². The molecule has 8 nitrogen and oxygen atoms in total. The Bertz CT molecular complexity index is 891. The highest BCUT2D eigenvalue weighted by Crippen LogP contribution is 2.35. The number of likely N-dealkylation sites (tertiary alicyclic amines) is 1. The van der Waals surface area contributed by atoms with Crippen LogP contribution < -0.4 is 10.6 Å². The fourth-order valence-corrected chi connectivity index (χ4v) is 4.69. The molecule has 9 heteroatoms. The molecule has 1 aromatic carbocycles. The number of halogens is 1. The van der Waals surface area contributed by atoms with Crippen molar-refractivity contribution in [2.45, 2.75) is 50.5 Å². The molecule has 2 N–H and O–H groups in total. The number of benzene rings is 1. The number of hydrogen-bond donors (Lipinski definition) is 2. The summed E-state index contributed by atoms with van der Waals surface area (Å²) in [5.74, 6) is -0.780. The minimum Gasteiger partial charge on any atom is -0.339 e. The van der Waals surface area contributed by atoms with E-state index in [0.29, 0.717) is 42.2 Å². The molecule has 1 aromatic rings. The van der Waals surface area contributed by atoms with Crippen LogP contribution in [0.15, 0.2) is 18.2 Å². The third-order valence-corrected chi connectivity index (χ3v) is 6.38. The first-order valence-electron chi connectivity index (χ1n) is 10.4. The predicted octanol–water partition coefficient (Wildman–Crippen LogP) is 2.77. The molecule has 2 saturated heterocycles. The Kier molecular flexibility index (Phi) is 5.69. The van der Waals surface area contributed by atoms with Gasteiger partial charge in [-0.2, -0.15) is 0 Å². The molecule has 3 fully saturated rings. The van der Waals surface area contributed by atoms with E-state index >= 15 is 0 Å². The van der Waals surface area contributed by atoms with Gasteiger partial charge in [-0.15, -0.1) is 0 Å². The molecular formula is C21H25ClN4O4. The lowest BCUT2D eigenvalue weighted by atomic mass is 9.98. The van der Waals surface area contributed by atoms with Gasteiger partial charge < -0.3 is 15.5 Å². The number of carbonyl (C=O) groups excluding carboxylic acids is 4. The first-order valence-corrected chi connectivity index (χ1v) is 10.8. The normalized spacial score (nSPS) is 20.2. The van der Waals surface area contributed by atoms with Crippen LogP contribution in [-0.4, -0.2) is 58.7 Å². The standard InChI is InChI=1S/C21H25ClN4O4/c22-14-5-6-16(15(13-14)18(28)25-10-3-4-11-25)23-17(27)7-12-26-19(29)21(24-20(26)30)8-1-2-9-21/h5-6,13H,1-4,7-12H2,(H,23,27)(H,24,30). The maximum atomic E-state index is 12.8. The Balaban J connectivity index is 1.40. The second kappa shape index (κ2) is 8.26. The highest BCUT2D eigenvalue weighted by atomic mass is 35.5. The summed E-state index contributed by atoms with van der Waals surface area (Å²) in [6.45, 7) is 1.38. The van der Waals surface area contributed by atoms with Gasteiger partial charge >= 0.3 is 6.03 Å². The molecule has 30 heavy (non-hydrogen) atoms. The quantitative estimate of drug-likeness (QED) is 0.699. The van der Waals surface area contributed by atoms with E-state index < -0.39 is 11.6 Å². The molecule has 0 aromatic heterocycles. The molecular weight excluding hydrogens is 408 g/mol. The number of anilines is 1. The molecule has 1 aliphatic carbocycles. The number of nitrogens with zero attached hydrogens (tertiary/aromatic N) is 2. The predicted molar refractivity (Wildman–Crippen MR) is 111 cm³/mol. The largest absolute Gasteiger partial charge is 0.339 e. The third-order valence-electron chi connectivity index (χ3n) is 6.14. The van der Waals surface area contributed by atoms with Crippen LogP contribution in [0, 0.1) is 0 Å². The van der Waals surface area contributed by atoms with Crippen molar-refractivity contribution in [2.75, 3.05) is 25.0 Å². The van der Waals surface area contributed by atoms with Crippen LogP contribution in [0.3, 0.4) is 0 Å². The Morgan fingerprint density at radius 3 is 2.50 bits per heavy atom. The van der Waals surface area contributed by atoms with Gasteiger partial charge in [-0.1, -0.05) is 24.4 Å². The van der Waals surface area contributed by atoms with Crippen LogP contribution in [0.25, 0.3) is 0 Å². The lowest BCUT2D eigenvalue weighted by molar-refractivity contribution is -0.131. The van der Waals surface area contributed by atoms with Crippen LogP contribution in [0.5, 0.6) is 0 Å². The molecule has 1 spiro atoms. The Hall–Kier alpha value is -2.61. The SMILES string of the molecule is O=C(CCN1C(=O)NC2(CCCC2)C1=O)Nc1ccc(Cl)cc1C(=O)N1CCCC1. The maximum absolute atomic E-state index is 12.8. The summed E-state index contributed by atoms with van der Waals surface area (Å²) in [6, 6.07) is 4.33. The summed E-state index contributed by atoms with van der Waals surface area (Å²) < 4.78 is 0. The van der Waals surface area contributed by atoms with Gasteiger partial charge in [0.15, 0.2) is 0 Å². The molecule has 0 radical (unpaired) electrons. The first-order chi connectivity index (χ1) is 14.4. The Labute approximate surface area is 179 Å². The van der Waals surface area contributed by atoms with E-state index in [1.807, 2.05) is 0 Å². The molecule has 0 unspecified atom stereocenters. The molecule has 0 bridgehead atoms. The van der Waals surface area contributed by atoms with Gasteiger partial charge in [0.25, 0.3) is 11.8 Å². The van der Waals surface area contributed by atoms with Gasteiger partial charge in [0, 0.05) is 31.1 Å². The van der Waals surface area contributed by atoms with E-state index in [9.17, 15) is 19.2 Å². The van der Waals surface area contributed by atoms with Crippen molar-refractivity contribution >= 4 is 41.0 Å². The maximum Gasteiger partial charge on any atom is 0.325 e. The first kappa shape index (κ1) is 20.7. The van der Waals surface area contributed by atoms with E-state index in [4.69, 9.17) is 11.6 Å². The van der Waals surface area contributed by atoms with Crippen molar-refractivity contribution in [1.29, 1.82) is 0 Å². The average Bonchev–Trinajstić information content (AvgIpc) is 3.45. The molecule has 2 aliphatic heterocycles. The second-order valence-corrected chi connectivity index (χ2v) is 8.60.